The fraction of sp³-hybridized carbons (Fsp3) is 0.100. The number of benzene rings is 3. The fourth-order valence-electron chi connectivity index (χ4n) is 2.75. The standard InChI is InChI=1S/C20H20N2/c21-19-9-3-5-15(13-19)11-17-7-1-2-8-18(17)12-16-6-4-10-20(22)14-16/h1-10,13-14H,11-12,21-22H2. The molecule has 0 bridgehead atoms. The van der Waals surface area contributed by atoms with Gasteiger partial charge in [-0.1, -0.05) is 48.5 Å². The molecule has 22 heavy (non-hydrogen) atoms. The van der Waals surface area contributed by atoms with Crippen LogP contribution in [0.5, 0.6) is 0 Å². The number of anilines is 2. The SMILES string of the molecule is Nc1cccc(Cc2ccccc2Cc2cccc(N)c2)c1. The predicted octanol–water partition coefficient (Wildman–Crippen LogP) is 4.03. The second-order valence-electron chi connectivity index (χ2n) is 5.61. The van der Waals surface area contributed by atoms with E-state index in [9.17, 15) is 0 Å². The van der Waals surface area contributed by atoms with Crippen molar-refractivity contribution in [2.75, 3.05) is 11.5 Å². The minimum atomic E-state index is 0.811. The van der Waals surface area contributed by atoms with E-state index in [4.69, 9.17) is 11.5 Å². The van der Waals surface area contributed by atoms with Crippen molar-refractivity contribution in [2.24, 2.45) is 0 Å². The summed E-state index contributed by atoms with van der Waals surface area (Å²) in [5, 5.41) is 0. The average molecular weight is 288 g/mol. The van der Waals surface area contributed by atoms with Crippen molar-refractivity contribution in [3.8, 4) is 0 Å². The largest absolute Gasteiger partial charge is 0.399 e. The van der Waals surface area contributed by atoms with E-state index in [1.807, 2.05) is 36.4 Å². The number of rotatable bonds is 4. The second kappa shape index (κ2) is 6.35. The molecule has 0 radical (unpaired) electrons. The summed E-state index contributed by atoms with van der Waals surface area (Å²) in [6.45, 7) is 0. The molecule has 0 heterocycles. The molecular weight excluding hydrogens is 268 g/mol. The van der Waals surface area contributed by atoms with Crippen LogP contribution in [-0.2, 0) is 12.8 Å². The van der Waals surface area contributed by atoms with Crippen LogP contribution >= 0.6 is 0 Å². The van der Waals surface area contributed by atoms with Crippen molar-refractivity contribution >= 4 is 11.4 Å². The van der Waals surface area contributed by atoms with Crippen LogP contribution in [0.15, 0.2) is 72.8 Å². The maximum atomic E-state index is 5.88. The highest BCUT2D eigenvalue weighted by atomic mass is 14.5. The molecule has 3 aromatic rings. The summed E-state index contributed by atoms with van der Waals surface area (Å²) in [6.07, 6.45) is 1.78. The molecule has 3 aromatic carbocycles. The molecule has 0 aromatic heterocycles. The van der Waals surface area contributed by atoms with E-state index < -0.39 is 0 Å². The molecule has 0 saturated heterocycles. The highest BCUT2D eigenvalue weighted by Crippen LogP contribution is 2.20. The molecule has 0 spiro atoms. The summed E-state index contributed by atoms with van der Waals surface area (Å²) in [7, 11) is 0. The molecule has 0 fully saturated rings. The van der Waals surface area contributed by atoms with Crippen LogP contribution in [-0.4, -0.2) is 0 Å². The quantitative estimate of drug-likeness (QED) is 0.712. The molecule has 0 aliphatic carbocycles. The Morgan fingerprint density at radius 1 is 0.545 bits per heavy atom. The lowest BCUT2D eigenvalue weighted by Crippen LogP contribution is -1.98. The van der Waals surface area contributed by atoms with Crippen LogP contribution in [0.3, 0.4) is 0 Å². The van der Waals surface area contributed by atoms with Crippen LogP contribution in [0, 0.1) is 0 Å². The van der Waals surface area contributed by atoms with Crippen molar-refractivity contribution in [2.45, 2.75) is 12.8 Å². The zero-order chi connectivity index (χ0) is 15.4. The van der Waals surface area contributed by atoms with Gasteiger partial charge in [-0.15, -0.1) is 0 Å². The van der Waals surface area contributed by atoms with Gasteiger partial charge in [-0.25, -0.2) is 0 Å². The first-order valence-electron chi connectivity index (χ1n) is 7.46. The van der Waals surface area contributed by atoms with Crippen molar-refractivity contribution in [1.29, 1.82) is 0 Å². The molecule has 0 aliphatic rings. The Labute approximate surface area is 131 Å². The predicted molar refractivity (Wildman–Crippen MR) is 93.8 cm³/mol. The zero-order valence-corrected chi connectivity index (χ0v) is 12.5. The summed E-state index contributed by atoms with van der Waals surface area (Å²) in [4.78, 5) is 0. The summed E-state index contributed by atoms with van der Waals surface area (Å²) in [5.41, 5.74) is 18.5. The molecule has 0 saturated carbocycles. The van der Waals surface area contributed by atoms with Gasteiger partial charge in [0.15, 0.2) is 0 Å². The van der Waals surface area contributed by atoms with Gasteiger partial charge in [0.25, 0.3) is 0 Å². The first-order chi connectivity index (χ1) is 10.7. The molecule has 0 unspecified atom stereocenters. The van der Waals surface area contributed by atoms with E-state index in [0.717, 1.165) is 24.2 Å². The fourth-order valence-corrected chi connectivity index (χ4v) is 2.75. The first-order valence-corrected chi connectivity index (χ1v) is 7.46. The number of hydrogen-bond acceptors (Lipinski definition) is 2. The molecule has 4 N–H and O–H groups in total. The van der Waals surface area contributed by atoms with E-state index in [2.05, 4.69) is 36.4 Å². The third-order valence-electron chi connectivity index (χ3n) is 3.81. The van der Waals surface area contributed by atoms with E-state index >= 15 is 0 Å². The third kappa shape index (κ3) is 3.47. The van der Waals surface area contributed by atoms with Gasteiger partial charge >= 0.3 is 0 Å². The summed E-state index contributed by atoms with van der Waals surface area (Å²) >= 11 is 0. The normalized spacial score (nSPS) is 10.5. The van der Waals surface area contributed by atoms with Gasteiger partial charge in [0.05, 0.1) is 0 Å². The van der Waals surface area contributed by atoms with E-state index in [1.54, 1.807) is 0 Å². The molecule has 2 heteroatoms. The lowest BCUT2D eigenvalue weighted by molar-refractivity contribution is 1.09. The van der Waals surface area contributed by atoms with Gasteiger partial charge in [-0.2, -0.15) is 0 Å². The summed E-state index contributed by atoms with van der Waals surface area (Å²) in [6, 6.07) is 24.7. The number of hydrogen-bond donors (Lipinski definition) is 2. The Morgan fingerprint density at radius 2 is 1.00 bits per heavy atom. The maximum Gasteiger partial charge on any atom is 0.0316 e. The van der Waals surface area contributed by atoms with E-state index in [0.29, 0.717) is 0 Å². The Morgan fingerprint density at radius 3 is 1.41 bits per heavy atom. The van der Waals surface area contributed by atoms with Crippen LogP contribution in [0.1, 0.15) is 22.3 Å². The van der Waals surface area contributed by atoms with Crippen LogP contribution < -0.4 is 11.5 Å². The summed E-state index contributed by atoms with van der Waals surface area (Å²) in [5.74, 6) is 0. The van der Waals surface area contributed by atoms with Crippen molar-refractivity contribution in [3.05, 3.63) is 95.1 Å². The van der Waals surface area contributed by atoms with E-state index in [-0.39, 0.29) is 0 Å². The van der Waals surface area contributed by atoms with Gasteiger partial charge < -0.3 is 11.5 Å². The minimum Gasteiger partial charge on any atom is -0.399 e. The van der Waals surface area contributed by atoms with Crippen LogP contribution in [0.4, 0.5) is 11.4 Å². The van der Waals surface area contributed by atoms with Gasteiger partial charge in [0.2, 0.25) is 0 Å². The highest BCUT2D eigenvalue weighted by molar-refractivity contribution is 5.45. The molecule has 3 rings (SSSR count). The molecule has 2 nitrogen and oxygen atoms in total. The second-order valence-corrected chi connectivity index (χ2v) is 5.61. The van der Waals surface area contributed by atoms with Gasteiger partial charge in [-0.05, 0) is 59.4 Å². The van der Waals surface area contributed by atoms with Gasteiger partial charge in [0.1, 0.15) is 0 Å². The Kier molecular flexibility index (Phi) is 4.10. The Hall–Kier alpha value is -2.74. The molecule has 0 aliphatic heterocycles. The smallest absolute Gasteiger partial charge is 0.0316 e. The third-order valence-corrected chi connectivity index (χ3v) is 3.81. The molecule has 0 atom stereocenters. The van der Waals surface area contributed by atoms with Crippen molar-refractivity contribution < 1.29 is 0 Å². The Bertz CT molecular complexity index is 711. The lowest BCUT2D eigenvalue weighted by atomic mass is 9.95. The van der Waals surface area contributed by atoms with Gasteiger partial charge in [-0.3, -0.25) is 0 Å². The monoisotopic (exact) mass is 288 g/mol. The van der Waals surface area contributed by atoms with Crippen LogP contribution in [0.25, 0.3) is 0 Å². The summed E-state index contributed by atoms with van der Waals surface area (Å²) < 4.78 is 0. The minimum absolute atomic E-state index is 0.811. The first kappa shape index (κ1) is 14.2. The van der Waals surface area contributed by atoms with E-state index in [1.165, 1.54) is 22.3 Å². The lowest BCUT2D eigenvalue weighted by Gasteiger charge is -2.11. The van der Waals surface area contributed by atoms with Crippen molar-refractivity contribution in [1.82, 2.24) is 0 Å². The topological polar surface area (TPSA) is 52.0 Å². The number of nitrogens with two attached hydrogens (primary N) is 2. The number of nitrogen functional groups attached to an aromatic ring is 2. The maximum absolute atomic E-state index is 5.88. The Balaban J connectivity index is 1.86. The highest BCUT2D eigenvalue weighted by Gasteiger charge is 2.05. The zero-order valence-electron chi connectivity index (χ0n) is 12.5. The average Bonchev–Trinajstić information content (AvgIpc) is 2.49. The van der Waals surface area contributed by atoms with Crippen molar-refractivity contribution in [3.63, 3.8) is 0 Å². The van der Waals surface area contributed by atoms with Gasteiger partial charge in [0, 0.05) is 11.4 Å². The van der Waals surface area contributed by atoms with Crippen LogP contribution in [0.2, 0.25) is 0 Å². The molecular formula is C20H20N2. The molecule has 110 valence electrons. The molecule has 0 amide bonds.